The molecule has 1 N–H and O–H groups in total. The van der Waals surface area contributed by atoms with Crippen LogP contribution in [-0.2, 0) is 23.7 Å². The van der Waals surface area contributed by atoms with E-state index in [0.717, 1.165) is 20.4 Å². The molecule has 7 heavy (non-hydrogen) atoms. The summed E-state index contributed by atoms with van der Waals surface area (Å²) in [5.74, 6) is 0. The Morgan fingerprint density at radius 1 is 1.14 bits per heavy atom. The van der Waals surface area contributed by atoms with E-state index in [2.05, 4.69) is 4.98 Å². The van der Waals surface area contributed by atoms with Gasteiger partial charge in [0.15, 0.2) is 0 Å². The first-order valence-corrected chi connectivity index (χ1v) is 2.42. The van der Waals surface area contributed by atoms with Crippen molar-refractivity contribution in [1.82, 2.24) is 4.98 Å². The number of rotatable bonds is 0. The maximum atomic E-state index is 8.25. The van der Waals surface area contributed by atoms with Gasteiger partial charge in [0, 0.05) is 12.4 Å². The standard InChI is InChI=1S/C4H5N.O.Ti/c1-2-4-5-3-1;;/h1-5H;;. The minimum absolute atomic E-state index is 0.750. The molecule has 0 fully saturated rings. The molecule has 0 aliphatic carbocycles. The van der Waals surface area contributed by atoms with Crippen molar-refractivity contribution in [2.75, 3.05) is 0 Å². The Morgan fingerprint density at radius 3 is 1.71 bits per heavy atom. The second-order valence-electron chi connectivity index (χ2n) is 0.885. The number of aromatic amines is 1. The first-order chi connectivity index (χ1) is 3.50. The minimum atomic E-state index is 0.750. The van der Waals surface area contributed by atoms with Crippen molar-refractivity contribution in [3.8, 4) is 0 Å². The topological polar surface area (TPSA) is 32.9 Å². The van der Waals surface area contributed by atoms with Gasteiger partial charge in [-0.15, -0.1) is 0 Å². The monoisotopic (exact) mass is 131 g/mol. The molecule has 0 radical (unpaired) electrons. The fourth-order valence-corrected chi connectivity index (χ4v) is 0.278. The van der Waals surface area contributed by atoms with Gasteiger partial charge in [-0.05, 0) is 12.1 Å². The summed E-state index contributed by atoms with van der Waals surface area (Å²) in [6.07, 6.45) is 3.75. The van der Waals surface area contributed by atoms with Crippen LogP contribution in [-0.4, -0.2) is 4.98 Å². The molecule has 1 aromatic heterocycles. The van der Waals surface area contributed by atoms with Gasteiger partial charge in [0.1, 0.15) is 0 Å². The molecule has 1 heterocycles. The Balaban J connectivity index is 0.000000162. The van der Waals surface area contributed by atoms with Crippen LogP contribution in [0.25, 0.3) is 0 Å². The predicted molar refractivity (Wildman–Crippen MR) is 21.5 cm³/mol. The SMILES string of the molecule is [O]=[Ti].c1cc[nH]c1. The van der Waals surface area contributed by atoms with E-state index in [1.807, 2.05) is 24.5 Å². The fraction of sp³-hybridized carbons (Fsp3) is 0. The van der Waals surface area contributed by atoms with Crippen molar-refractivity contribution in [3.05, 3.63) is 24.5 Å². The quantitative estimate of drug-likeness (QED) is 0.521. The number of nitrogens with one attached hydrogen (secondary N) is 1. The Bertz CT molecular complexity index is 78.6. The van der Waals surface area contributed by atoms with Gasteiger partial charge >= 0.3 is 23.7 Å². The minimum Gasteiger partial charge on any atom is -0.368 e. The van der Waals surface area contributed by atoms with E-state index < -0.39 is 0 Å². The third-order valence-electron chi connectivity index (χ3n) is 0.496. The average Bonchev–Trinajstić information content (AvgIpc) is 2.23. The molecule has 0 saturated heterocycles. The maximum Gasteiger partial charge on any atom is 0.000496 e. The molecule has 0 aliphatic heterocycles. The van der Waals surface area contributed by atoms with Gasteiger partial charge in [0.25, 0.3) is 0 Å². The molecule has 1 rings (SSSR count). The van der Waals surface area contributed by atoms with Crippen molar-refractivity contribution in [1.29, 1.82) is 0 Å². The Hall–Kier alpha value is -0.206. The zero-order valence-electron chi connectivity index (χ0n) is 3.72. The number of aromatic nitrogens is 1. The predicted octanol–water partition coefficient (Wildman–Crippen LogP) is 0.893. The Kier molecular flexibility index (Phi) is 5.62. The van der Waals surface area contributed by atoms with Gasteiger partial charge in [0.05, 0.1) is 0 Å². The summed E-state index contributed by atoms with van der Waals surface area (Å²) >= 11 is 0.750. The van der Waals surface area contributed by atoms with E-state index in [4.69, 9.17) is 3.32 Å². The van der Waals surface area contributed by atoms with Crippen LogP contribution in [0.5, 0.6) is 0 Å². The first kappa shape index (κ1) is 6.79. The van der Waals surface area contributed by atoms with E-state index in [1.54, 1.807) is 0 Å². The molecular formula is C4H5NOTi. The van der Waals surface area contributed by atoms with E-state index in [-0.39, 0.29) is 0 Å². The molecule has 0 aromatic carbocycles. The van der Waals surface area contributed by atoms with Gasteiger partial charge in [-0.25, -0.2) is 0 Å². The molecule has 0 bridgehead atoms. The molecule has 2 nitrogen and oxygen atoms in total. The summed E-state index contributed by atoms with van der Waals surface area (Å²) in [6, 6.07) is 3.89. The molecule has 0 atom stereocenters. The van der Waals surface area contributed by atoms with Crippen molar-refractivity contribution >= 4 is 0 Å². The van der Waals surface area contributed by atoms with Crippen LogP contribution in [0.1, 0.15) is 0 Å². The number of H-pyrrole nitrogens is 1. The van der Waals surface area contributed by atoms with Crippen molar-refractivity contribution in [2.24, 2.45) is 0 Å². The van der Waals surface area contributed by atoms with Crippen LogP contribution < -0.4 is 0 Å². The van der Waals surface area contributed by atoms with E-state index >= 15 is 0 Å². The van der Waals surface area contributed by atoms with Gasteiger partial charge in [0.2, 0.25) is 0 Å². The summed E-state index contributed by atoms with van der Waals surface area (Å²) in [4.78, 5) is 2.86. The zero-order chi connectivity index (χ0) is 5.54. The van der Waals surface area contributed by atoms with Gasteiger partial charge in [-0.1, -0.05) is 0 Å². The third-order valence-corrected chi connectivity index (χ3v) is 0.496. The van der Waals surface area contributed by atoms with Crippen LogP contribution in [0.15, 0.2) is 24.5 Å². The van der Waals surface area contributed by atoms with Gasteiger partial charge in [-0.3, -0.25) is 0 Å². The molecule has 0 amide bonds. The van der Waals surface area contributed by atoms with E-state index in [9.17, 15) is 0 Å². The Labute approximate surface area is 53.7 Å². The van der Waals surface area contributed by atoms with Crippen molar-refractivity contribution in [3.63, 3.8) is 0 Å². The first-order valence-electron chi connectivity index (χ1n) is 1.78. The molecule has 36 valence electrons. The van der Waals surface area contributed by atoms with Crippen molar-refractivity contribution in [2.45, 2.75) is 0 Å². The summed E-state index contributed by atoms with van der Waals surface area (Å²) in [7, 11) is 0. The average molecular weight is 131 g/mol. The summed E-state index contributed by atoms with van der Waals surface area (Å²) in [6.45, 7) is 0. The van der Waals surface area contributed by atoms with Crippen LogP contribution >= 0.6 is 0 Å². The number of hydrogen-bond donors (Lipinski definition) is 1. The third kappa shape index (κ3) is 3.63. The van der Waals surface area contributed by atoms with Gasteiger partial charge in [-0.2, -0.15) is 0 Å². The van der Waals surface area contributed by atoms with Crippen molar-refractivity contribution < 1.29 is 23.7 Å². The summed E-state index contributed by atoms with van der Waals surface area (Å²) in [5, 5.41) is 0. The molecular weight excluding hydrogens is 126 g/mol. The summed E-state index contributed by atoms with van der Waals surface area (Å²) in [5.41, 5.74) is 0. The fourth-order valence-electron chi connectivity index (χ4n) is 0.278. The van der Waals surface area contributed by atoms with Crippen LogP contribution in [0.2, 0.25) is 0 Å². The number of hydrogen-bond acceptors (Lipinski definition) is 1. The second kappa shape index (κ2) is 5.79. The molecule has 0 spiro atoms. The van der Waals surface area contributed by atoms with Crippen LogP contribution in [0, 0.1) is 0 Å². The second-order valence-corrected chi connectivity index (χ2v) is 0.885. The molecule has 0 saturated carbocycles. The molecule has 1 aromatic rings. The van der Waals surface area contributed by atoms with E-state index in [1.165, 1.54) is 0 Å². The largest absolute Gasteiger partial charge is 0.368 e. The van der Waals surface area contributed by atoms with Crippen LogP contribution in [0.3, 0.4) is 0 Å². The summed E-state index contributed by atoms with van der Waals surface area (Å²) < 4.78 is 8.25. The molecule has 3 heteroatoms. The zero-order valence-corrected chi connectivity index (χ0v) is 5.28. The molecule has 0 unspecified atom stereocenters. The van der Waals surface area contributed by atoms with Crippen LogP contribution in [0.4, 0.5) is 0 Å². The Morgan fingerprint density at radius 2 is 1.57 bits per heavy atom. The van der Waals surface area contributed by atoms with Gasteiger partial charge < -0.3 is 4.98 Å². The maximum absolute atomic E-state index is 8.25. The normalized spacial score (nSPS) is 6.14. The van der Waals surface area contributed by atoms with E-state index in [0.29, 0.717) is 0 Å². The molecule has 0 aliphatic rings. The smallest absolute Gasteiger partial charge is 0.000496 e.